The molecule has 0 saturated carbocycles. The van der Waals surface area contributed by atoms with Gasteiger partial charge in [0.05, 0.1) is 41.8 Å². The number of hydrogen-bond donors (Lipinski definition) is 3. The summed E-state index contributed by atoms with van der Waals surface area (Å²) in [4.78, 5) is 35.8. The van der Waals surface area contributed by atoms with Crippen molar-refractivity contribution in [1.82, 2.24) is 0 Å². The van der Waals surface area contributed by atoms with Crippen molar-refractivity contribution in [3.05, 3.63) is 178 Å². The number of ether oxygens (including phenoxy) is 6. The van der Waals surface area contributed by atoms with Crippen molar-refractivity contribution in [2.24, 2.45) is 0 Å². The Labute approximate surface area is 405 Å². The number of sulfone groups is 1. The van der Waals surface area contributed by atoms with Gasteiger partial charge in [0, 0.05) is 43.2 Å². The van der Waals surface area contributed by atoms with Crippen molar-refractivity contribution in [3.63, 3.8) is 0 Å². The topological polar surface area (TPSA) is 201 Å². The molecule has 2 fully saturated rings. The van der Waals surface area contributed by atoms with Gasteiger partial charge in [-0.15, -0.1) is 12.3 Å². The van der Waals surface area contributed by atoms with Crippen molar-refractivity contribution >= 4 is 27.7 Å². The maximum atomic E-state index is 13.6. The monoisotopic (exact) mass is 966 g/mol. The fraction of sp³-hybridized carbons (Fsp3) is 0.255. The van der Waals surface area contributed by atoms with Crippen LogP contribution in [0.2, 0.25) is 0 Å². The van der Waals surface area contributed by atoms with Gasteiger partial charge in [-0.05, 0) is 87.5 Å². The molecule has 0 aliphatic carbocycles. The number of carboxylic acid groups (broad SMARTS) is 3. The van der Waals surface area contributed by atoms with Crippen molar-refractivity contribution < 1.29 is 66.5 Å². The fourth-order valence-electron chi connectivity index (χ4n) is 8.52. The van der Waals surface area contributed by atoms with E-state index in [1.807, 2.05) is 54.6 Å². The van der Waals surface area contributed by atoms with Crippen LogP contribution in [-0.4, -0.2) is 67.4 Å². The van der Waals surface area contributed by atoms with Crippen LogP contribution in [0.1, 0.15) is 76.0 Å². The molecule has 70 heavy (non-hydrogen) atoms. The van der Waals surface area contributed by atoms with Crippen LogP contribution in [0.5, 0.6) is 23.0 Å². The maximum absolute atomic E-state index is 13.6. The smallest absolute Gasteiger partial charge is 0.311 e. The molecule has 3 N–H and O–H groups in total. The number of carbonyl (C=O) groups is 3. The predicted octanol–water partition coefficient (Wildman–Crippen LogP) is 8.94. The second-order valence-electron chi connectivity index (χ2n) is 17.2. The number of aliphatic carboxylic acids is 3. The number of terminal acetylenes is 1. The second kappa shape index (κ2) is 22.2. The van der Waals surface area contributed by atoms with E-state index in [1.165, 1.54) is 18.2 Å². The highest BCUT2D eigenvalue weighted by atomic mass is 32.2. The predicted molar refractivity (Wildman–Crippen MR) is 255 cm³/mol. The molecule has 6 aromatic rings. The maximum Gasteiger partial charge on any atom is 0.311 e. The van der Waals surface area contributed by atoms with Crippen LogP contribution < -0.4 is 18.9 Å². The zero-order valence-corrected chi connectivity index (χ0v) is 38.7. The Bertz CT molecular complexity index is 2990. The molecule has 2 saturated heterocycles. The van der Waals surface area contributed by atoms with Crippen molar-refractivity contribution in [3.8, 4) is 35.3 Å². The van der Waals surface area contributed by atoms with Gasteiger partial charge in [-0.1, -0.05) is 78.9 Å². The number of hydrogen-bond acceptors (Lipinski definition) is 11. The van der Waals surface area contributed by atoms with Crippen LogP contribution in [-0.2, 0) is 59.7 Å². The minimum atomic E-state index is -3.95. The Balaban J connectivity index is 0.921. The lowest BCUT2D eigenvalue weighted by Crippen LogP contribution is -2.16. The molecule has 360 valence electrons. The van der Waals surface area contributed by atoms with Crippen molar-refractivity contribution in [2.45, 2.75) is 85.4 Å². The molecule has 2 aliphatic heterocycles. The normalized spacial score (nSPS) is 18.0. The quantitative estimate of drug-likeness (QED) is 0.0577. The highest BCUT2D eigenvalue weighted by Crippen LogP contribution is 2.37. The molecular weight excluding hydrogens is 917 g/mol. The summed E-state index contributed by atoms with van der Waals surface area (Å²) >= 11 is 0. The molecule has 2 aliphatic rings. The number of rotatable bonds is 21. The highest BCUT2D eigenvalue weighted by Gasteiger charge is 2.32. The van der Waals surface area contributed by atoms with E-state index in [-0.39, 0.29) is 60.7 Å². The van der Waals surface area contributed by atoms with Gasteiger partial charge in [-0.25, -0.2) is 8.42 Å². The van der Waals surface area contributed by atoms with E-state index in [9.17, 15) is 38.1 Å². The summed E-state index contributed by atoms with van der Waals surface area (Å²) in [6.45, 7) is 0.960. The van der Waals surface area contributed by atoms with E-state index in [1.54, 1.807) is 66.7 Å². The summed E-state index contributed by atoms with van der Waals surface area (Å²) in [7, 11) is -3.95. The third-order valence-corrected chi connectivity index (χ3v) is 13.7. The highest BCUT2D eigenvalue weighted by molar-refractivity contribution is 7.91. The van der Waals surface area contributed by atoms with Gasteiger partial charge in [0.25, 0.3) is 0 Å². The molecule has 8 rings (SSSR count). The van der Waals surface area contributed by atoms with E-state index in [0.717, 1.165) is 16.7 Å². The summed E-state index contributed by atoms with van der Waals surface area (Å²) < 4.78 is 64.2. The molecule has 0 aromatic heterocycles. The summed E-state index contributed by atoms with van der Waals surface area (Å²) in [5.74, 6) is -0.594. The molecule has 14 nitrogen and oxygen atoms in total. The van der Waals surface area contributed by atoms with E-state index >= 15 is 0 Å². The van der Waals surface area contributed by atoms with Gasteiger partial charge >= 0.3 is 17.9 Å². The van der Waals surface area contributed by atoms with Crippen LogP contribution in [0.4, 0.5) is 0 Å². The van der Waals surface area contributed by atoms with Crippen LogP contribution in [0, 0.1) is 12.3 Å². The summed E-state index contributed by atoms with van der Waals surface area (Å²) in [5, 5.41) is 29.2. The molecule has 5 atom stereocenters. The van der Waals surface area contributed by atoms with Gasteiger partial charge in [0.15, 0.2) is 0 Å². The summed E-state index contributed by atoms with van der Waals surface area (Å²) in [5.41, 5.74) is 4.61. The Hall–Kier alpha value is -7.64. The number of carboxylic acids is 3. The van der Waals surface area contributed by atoms with E-state index in [0.29, 0.717) is 64.7 Å². The van der Waals surface area contributed by atoms with Gasteiger partial charge in [-0.3, -0.25) is 14.4 Å². The minimum absolute atomic E-state index is 0.00303. The van der Waals surface area contributed by atoms with E-state index < -0.39 is 46.2 Å². The summed E-state index contributed by atoms with van der Waals surface area (Å²) in [6, 6.07) is 39.9. The lowest BCUT2D eigenvalue weighted by molar-refractivity contribution is -0.139. The van der Waals surface area contributed by atoms with Crippen molar-refractivity contribution in [2.75, 3.05) is 13.2 Å². The first-order valence-corrected chi connectivity index (χ1v) is 24.0. The molecule has 0 radical (unpaired) electrons. The largest absolute Gasteiger partial charge is 0.489 e. The molecule has 2 heterocycles. The van der Waals surface area contributed by atoms with Crippen LogP contribution >= 0.6 is 0 Å². The first-order chi connectivity index (χ1) is 33.8. The van der Waals surface area contributed by atoms with Crippen LogP contribution in [0.25, 0.3) is 0 Å². The standard InChI is InChI=1S/C55H50O14S/c1-2-10-50(55(60)61)41-24-44(64-31-35-11-5-3-6-12-35)29-45(25-41)65-32-36-13-9-14-39(17-36)42-27-53(66-33-42)68-46-19-38(23-52(58)59)20-47(30-46)69-54-28-43(34-67-54)40-18-37(22-51(56)57)21-49(26-40)70(62,63)48-15-7-4-8-16-48/h1,3-9,11-21,24-26,29-30,42-43,50,53-54H,10,22-23,27-28,31-34H2,(H,56,57)(H,58,59)(H,60,61). The van der Waals surface area contributed by atoms with E-state index in [2.05, 4.69) is 5.92 Å². The molecule has 0 spiro atoms. The summed E-state index contributed by atoms with van der Waals surface area (Å²) in [6.07, 6.45) is 4.15. The van der Waals surface area contributed by atoms with Gasteiger partial charge in [0.2, 0.25) is 22.4 Å². The third kappa shape index (κ3) is 12.7. The van der Waals surface area contributed by atoms with Gasteiger partial charge < -0.3 is 43.7 Å². The molecule has 0 bridgehead atoms. The molecule has 6 aromatic carbocycles. The Morgan fingerprint density at radius 3 is 1.70 bits per heavy atom. The Morgan fingerprint density at radius 2 is 1.11 bits per heavy atom. The Morgan fingerprint density at radius 1 is 0.586 bits per heavy atom. The molecule has 0 amide bonds. The molecule has 5 unspecified atom stereocenters. The van der Waals surface area contributed by atoms with Crippen molar-refractivity contribution in [1.29, 1.82) is 0 Å². The SMILES string of the molecule is C#CCC(C(=O)O)c1cc(OCc2ccccc2)cc(OCc2cccc(C3COC(Oc4cc(CC(=O)O)cc(OC5CC(c6cc(CC(=O)O)cc(S(=O)(=O)c7ccccc7)c6)CO5)c4)C3)c2)c1. The van der Waals surface area contributed by atoms with Gasteiger partial charge in [-0.2, -0.15) is 0 Å². The minimum Gasteiger partial charge on any atom is -0.489 e. The Kier molecular flexibility index (Phi) is 15.5. The zero-order valence-electron chi connectivity index (χ0n) is 37.8. The first-order valence-electron chi connectivity index (χ1n) is 22.6. The van der Waals surface area contributed by atoms with Crippen LogP contribution in [0.3, 0.4) is 0 Å². The lowest BCUT2D eigenvalue weighted by atomic mass is 9.95. The zero-order chi connectivity index (χ0) is 49.2. The third-order valence-electron chi connectivity index (χ3n) is 11.9. The lowest BCUT2D eigenvalue weighted by Gasteiger charge is -2.18. The first kappa shape index (κ1) is 48.8. The number of benzene rings is 6. The molecule has 15 heteroatoms. The molecular formula is C55H50O14S. The van der Waals surface area contributed by atoms with E-state index in [4.69, 9.17) is 34.8 Å². The average Bonchev–Trinajstić information content (AvgIpc) is 4.02. The van der Waals surface area contributed by atoms with Gasteiger partial charge in [0.1, 0.15) is 36.2 Å². The van der Waals surface area contributed by atoms with Crippen LogP contribution in [0.15, 0.2) is 149 Å². The average molecular weight is 967 g/mol. The fourth-order valence-corrected chi connectivity index (χ4v) is 9.91. The second-order valence-corrected chi connectivity index (χ2v) is 19.1.